The zero-order chi connectivity index (χ0) is 7.84. The molecular weight excluding hydrogens is 317 g/mol. The number of hydrogen-bond acceptors (Lipinski definition) is 0. The van der Waals surface area contributed by atoms with Gasteiger partial charge in [-0.25, -0.2) is 0 Å². The highest BCUT2D eigenvalue weighted by Gasteiger charge is 2.01. The number of nitrogens with one attached hydrogen (secondary N) is 1. The van der Waals surface area contributed by atoms with Crippen LogP contribution in [0.15, 0.2) is 28.9 Å². The van der Waals surface area contributed by atoms with Crippen LogP contribution in [0.1, 0.15) is 0 Å². The van der Waals surface area contributed by atoms with Crippen molar-refractivity contribution >= 4 is 49.4 Å². The minimum Gasteiger partial charge on any atom is -0.359 e. The van der Waals surface area contributed by atoms with Crippen LogP contribution in [0.2, 0.25) is 0 Å². The SMILES string of the molecule is Brc1cccc2c(I)c[nH]c12. The molecule has 0 aliphatic heterocycles. The summed E-state index contributed by atoms with van der Waals surface area (Å²) in [7, 11) is 0. The molecule has 0 aliphatic carbocycles. The highest BCUT2D eigenvalue weighted by Crippen LogP contribution is 2.25. The fourth-order valence-corrected chi connectivity index (χ4v) is 2.17. The average Bonchev–Trinajstić information content (AvgIpc) is 2.35. The van der Waals surface area contributed by atoms with E-state index < -0.39 is 0 Å². The Labute approximate surface area is 86.5 Å². The third kappa shape index (κ3) is 1.20. The van der Waals surface area contributed by atoms with Gasteiger partial charge >= 0.3 is 0 Å². The number of aromatic nitrogens is 1. The van der Waals surface area contributed by atoms with Crippen molar-refractivity contribution in [3.05, 3.63) is 32.4 Å². The quantitative estimate of drug-likeness (QED) is 0.714. The Kier molecular flexibility index (Phi) is 1.93. The predicted octanol–water partition coefficient (Wildman–Crippen LogP) is 3.54. The average molecular weight is 322 g/mol. The first-order valence-corrected chi connectivity index (χ1v) is 5.07. The van der Waals surface area contributed by atoms with Gasteiger partial charge in [0.1, 0.15) is 0 Å². The van der Waals surface area contributed by atoms with Crippen molar-refractivity contribution in [2.24, 2.45) is 0 Å². The van der Waals surface area contributed by atoms with Crippen LogP contribution >= 0.6 is 38.5 Å². The number of hydrogen-bond donors (Lipinski definition) is 1. The van der Waals surface area contributed by atoms with Crippen molar-refractivity contribution in [1.82, 2.24) is 4.98 Å². The van der Waals surface area contributed by atoms with Crippen molar-refractivity contribution in [2.45, 2.75) is 0 Å². The monoisotopic (exact) mass is 321 g/mol. The van der Waals surface area contributed by atoms with Gasteiger partial charge in [-0.05, 0) is 44.6 Å². The van der Waals surface area contributed by atoms with Crippen LogP contribution in [0.5, 0.6) is 0 Å². The van der Waals surface area contributed by atoms with E-state index >= 15 is 0 Å². The summed E-state index contributed by atoms with van der Waals surface area (Å²) >= 11 is 5.79. The molecule has 0 saturated heterocycles. The summed E-state index contributed by atoms with van der Waals surface area (Å²) < 4.78 is 2.39. The molecule has 1 N–H and O–H groups in total. The van der Waals surface area contributed by atoms with E-state index in [1.165, 1.54) is 14.5 Å². The second-order valence-corrected chi connectivity index (χ2v) is 4.32. The number of para-hydroxylation sites is 1. The van der Waals surface area contributed by atoms with Gasteiger partial charge in [-0.15, -0.1) is 0 Å². The van der Waals surface area contributed by atoms with Crippen LogP contribution in [0.25, 0.3) is 10.9 Å². The molecule has 0 radical (unpaired) electrons. The number of H-pyrrole nitrogens is 1. The van der Waals surface area contributed by atoms with E-state index in [1.807, 2.05) is 18.3 Å². The van der Waals surface area contributed by atoms with Crippen molar-refractivity contribution in [3.8, 4) is 0 Å². The zero-order valence-electron chi connectivity index (χ0n) is 5.57. The van der Waals surface area contributed by atoms with Crippen molar-refractivity contribution in [2.75, 3.05) is 0 Å². The van der Waals surface area contributed by atoms with Gasteiger partial charge in [0.05, 0.1) is 5.52 Å². The van der Waals surface area contributed by atoms with Crippen LogP contribution in [-0.2, 0) is 0 Å². The van der Waals surface area contributed by atoms with Crippen LogP contribution in [0, 0.1) is 3.57 Å². The molecule has 3 heteroatoms. The molecule has 0 fully saturated rings. The molecule has 0 unspecified atom stereocenters. The molecule has 2 rings (SSSR count). The lowest BCUT2D eigenvalue weighted by molar-refractivity contribution is 1.46. The molecule has 0 spiro atoms. The third-order valence-electron chi connectivity index (χ3n) is 1.61. The lowest BCUT2D eigenvalue weighted by Gasteiger charge is -1.91. The maximum atomic E-state index is 3.48. The van der Waals surface area contributed by atoms with Gasteiger partial charge in [-0.2, -0.15) is 0 Å². The molecule has 0 atom stereocenters. The summed E-state index contributed by atoms with van der Waals surface area (Å²) in [5.74, 6) is 0. The maximum Gasteiger partial charge on any atom is 0.0609 e. The number of rotatable bonds is 0. The highest BCUT2D eigenvalue weighted by molar-refractivity contribution is 14.1. The molecule has 1 aromatic carbocycles. The van der Waals surface area contributed by atoms with Crippen LogP contribution in [0.4, 0.5) is 0 Å². The minimum atomic E-state index is 1.12. The molecule has 1 aromatic heterocycles. The second kappa shape index (κ2) is 2.79. The molecular formula is C8H5BrIN. The van der Waals surface area contributed by atoms with Gasteiger partial charge < -0.3 is 4.98 Å². The zero-order valence-corrected chi connectivity index (χ0v) is 9.31. The van der Waals surface area contributed by atoms with Gasteiger partial charge in [-0.1, -0.05) is 12.1 Å². The summed E-state index contributed by atoms with van der Waals surface area (Å²) in [6.45, 7) is 0. The largest absolute Gasteiger partial charge is 0.359 e. The molecule has 0 amide bonds. The Hall–Kier alpha value is -0.0300. The number of fused-ring (bicyclic) bond motifs is 1. The molecule has 1 nitrogen and oxygen atoms in total. The van der Waals surface area contributed by atoms with E-state index in [0.29, 0.717) is 0 Å². The number of aromatic amines is 1. The fraction of sp³-hybridized carbons (Fsp3) is 0. The lowest BCUT2D eigenvalue weighted by atomic mass is 10.3. The number of benzene rings is 1. The van der Waals surface area contributed by atoms with Gasteiger partial charge in [0.25, 0.3) is 0 Å². The molecule has 0 bridgehead atoms. The van der Waals surface area contributed by atoms with Crippen molar-refractivity contribution < 1.29 is 0 Å². The fourth-order valence-electron chi connectivity index (χ4n) is 1.08. The van der Waals surface area contributed by atoms with Crippen molar-refractivity contribution in [3.63, 3.8) is 0 Å². The standard InChI is InChI=1S/C8H5BrIN/c9-6-3-1-2-5-7(10)4-11-8(5)6/h1-4,11H. The second-order valence-electron chi connectivity index (χ2n) is 2.30. The van der Waals surface area contributed by atoms with Crippen LogP contribution < -0.4 is 0 Å². The van der Waals surface area contributed by atoms with E-state index in [-0.39, 0.29) is 0 Å². The van der Waals surface area contributed by atoms with E-state index in [1.54, 1.807) is 0 Å². The Bertz CT molecular complexity index is 394. The molecule has 0 saturated carbocycles. The Balaban J connectivity index is 2.94. The first-order chi connectivity index (χ1) is 5.29. The van der Waals surface area contributed by atoms with Gasteiger partial charge in [0.15, 0.2) is 0 Å². The minimum absolute atomic E-state index is 1.12. The normalized spacial score (nSPS) is 10.7. The Morgan fingerprint density at radius 3 is 2.91 bits per heavy atom. The maximum absolute atomic E-state index is 3.48. The highest BCUT2D eigenvalue weighted by atomic mass is 127. The Morgan fingerprint density at radius 2 is 2.18 bits per heavy atom. The lowest BCUT2D eigenvalue weighted by Crippen LogP contribution is -1.69. The molecule has 0 aliphatic rings. The number of halogens is 2. The third-order valence-corrected chi connectivity index (χ3v) is 3.17. The van der Waals surface area contributed by atoms with E-state index in [2.05, 4.69) is 49.6 Å². The Morgan fingerprint density at radius 1 is 1.36 bits per heavy atom. The molecule has 56 valence electrons. The van der Waals surface area contributed by atoms with E-state index in [4.69, 9.17) is 0 Å². The van der Waals surface area contributed by atoms with Gasteiger partial charge in [0, 0.05) is 19.6 Å². The van der Waals surface area contributed by atoms with E-state index in [9.17, 15) is 0 Å². The summed E-state index contributed by atoms with van der Waals surface area (Å²) in [5, 5.41) is 1.28. The van der Waals surface area contributed by atoms with Crippen LogP contribution in [0.3, 0.4) is 0 Å². The van der Waals surface area contributed by atoms with Gasteiger partial charge in [0.2, 0.25) is 0 Å². The summed E-state index contributed by atoms with van der Waals surface area (Å²) in [6.07, 6.45) is 2.01. The van der Waals surface area contributed by atoms with Crippen LogP contribution in [-0.4, -0.2) is 4.98 Å². The van der Waals surface area contributed by atoms with E-state index in [0.717, 1.165) is 4.47 Å². The first kappa shape index (κ1) is 7.61. The summed E-state index contributed by atoms with van der Waals surface area (Å²) in [5.41, 5.74) is 1.18. The smallest absolute Gasteiger partial charge is 0.0609 e. The van der Waals surface area contributed by atoms with Gasteiger partial charge in [-0.3, -0.25) is 0 Å². The summed E-state index contributed by atoms with van der Waals surface area (Å²) in [4.78, 5) is 3.20. The topological polar surface area (TPSA) is 15.8 Å². The predicted molar refractivity (Wildman–Crippen MR) is 58.7 cm³/mol. The van der Waals surface area contributed by atoms with Crippen molar-refractivity contribution in [1.29, 1.82) is 0 Å². The molecule has 1 heterocycles. The molecule has 2 aromatic rings. The summed E-state index contributed by atoms with van der Waals surface area (Å²) in [6, 6.07) is 6.19. The molecule has 11 heavy (non-hydrogen) atoms. The first-order valence-electron chi connectivity index (χ1n) is 3.20.